The second-order valence-corrected chi connectivity index (χ2v) is 3.47. The minimum Gasteiger partial charge on any atom is -0.480 e. The Morgan fingerprint density at radius 3 is 2.36 bits per heavy atom. The van der Waals surface area contributed by atoms with Crippen LogP contribution in [0, 0.1) is 5.92 Å². The molecule has 1 atom stereocenters. The van der Waals surface area contributed by atoms with E-state index in [-0.39, 0.29) is 6.42 Å². The van der Waals surface area contributed by atoms with Crippen molar-refractivity contribution in [2.75, 3.05) is 13.7 Å². The molecule has 0 unspecified atom stereocenters. The number of carbonyl (C=O) groups excluding carboxylic acids is 1. The average Bonchev–Trinajstić information content (AvgIpc) is 2.10. The molecule has 0 aliphatic rings. The Hall–Kier alpha value is -1.10. The molecule has 2 N–H and O–H groups in total. The fraction of sp³-hybridized carbons (Fsp3) is 0.778. The summed E-state index contributed by atoms with van der Waals surface area (Å²) in [6, 6.07) is -0.857. The molecule has 0 fully saturated rings. The third-order valence-corrected chi connectivity index (χ3v) is 1.67. The molecule has 82 valence electrons. The number of rotatable bonds is 6. The molecule has 0 aromatic carbocycles. The molecule has 0 heterocycles. The maximum absolute atomic E-state index is 10.8. The van der Waals surface area contributed by atoms with E-state index < -0.39 is 18.0 Å². The number of hydrogen-bond donors (Lipinski definition) is 2. The monoisotopic (exact) mass is 203 g/mol. The Kier molecular flexibility index (Phi) is 5.87. The standard InChI is InChI=1S/C9H17NO4/c1-6(2)5-10-7(9(12)13)4-8(11)14-3/h6-7,10H,4-5H2,1-3H3,(H,12,13)/t7-/m0/s1. The molecule has 0 radical (unpaired) electrons. The molecule has 0 bridgehead atoms. The Morgan fingerprint density at radius 1 is 1.43 bits per heavy atom. The number of hydrogen-bond acceptors (Lipinski definition) is 4. The lowest BCUT2D eigenvalue weighted by molar-refractivity contribution is -0.147. The van der Waals surface area contributed by atoms with Crippen LogP contribution in [0.5, 0.6) is 0 Å². The highest BCUT2D eigenvalue weighted by atomic mass is 16.5. The normalized spacial score (nSPS) is 12.6. The molecular formula is C9H17NO4. The van der Waals surface area contributed by atoms with Crippen molar-refractivity contribution in [2.24, 2.45) is 5.92 Å². The Labute approximate surface area is 83.4 Å². The topological polar surface area (TPSA) is 75.6 Å². The van der Waals surface area contributed by atoms with Gasteiger partial charge >= 0.3 is 11.9 Å². The van der Waals surface area contributed by atoms with E-state index in [9.17, 15) is 9.59 Å². The molecule has 0 amide bonds. The highest BCUT2D eigenvalue weighted by Gasteiger charge is 2.20. The summed E-state index contributed by atoms with van der Waals surface area (Å²) in [6.07, 6.45) is -0.140. The third kappa shape index (κ3) is 5.53. The predicted octanol–water partition coefficient (Wildman–Crippen LogP) is 0.248. The van der Waals surface area contributed by atoms with Gasteiger partial charge < -0.3 is 15.2 Å². The van der Waals surface area contributed by atoms with E-state index in [0.717, 1.165) is 0 Å². The average molecular weight is 203 g/mol. The first-order valence-electron chi connectivity index (χ1n) is 4.50. The minimum atomic E-state index is -1.03. The molecular weight excluding hydrogens is 186 g/mol. The van der Waals surface area contributed by atoms with Gasteiger partial charge in [0.2, 0.25) is 0 Å². The van der Waals surface area contributed by atoms with Crippen LogP contribution >= 0.6 is 0 Å². The van der Waals surface area contributed by atoms with Crippen LogP contribution in [0.25, 0.3) is 0 Å². The van der Waals surface area contributed by atoms with E-state index in [4.69, 9.17) is 5.11 Å². The van der Waals surface area contributed by atoms with Crippen molar-refractivity contribution in [1.29, 1.82) is 0 Å². The lowest BCUT2D eigenvalue weighted by Crippen LogP contribution is -2.40. The van der Waals surface area contributed by atoms with Crippen molar-refractivity contribution in [3.8, 4) is 0 Å². The molecule has 0 spiro atoms. The molecule has 5 heteroatoms. The van der Waals surface area contributed by atoms with Crippen LogP contribution in [0.2, 0.25) is 0 Å². The lowest BCUT2D eigenvalue weighted by Gasteiger charge is -2.14. The van der Waals surface area contributed by atoms with Gasteiger partial charge in [-0.15, -0.1) is 0 Å². The number of aliphatic carboxylic acids is 1. The zero-order valence-corrected chi connectivity index (χ0v) is 8.74. The van der Waals surface area contributed by atoms with Gasteiger partial charge in [0.25, 0.3) is 0 Å². The lowest BCUT2D eigenvalue weighted by atomic mass is 10.1. The Bertz CT molecular complexity index is 203. The van der Waals surface area contributed by atoms with Crippen molar-refractivity contribution in [3.05, 3.63) is 0 Å². The maximum Gasteiger partial charge on any atom is 0.321 e. The van der Waals surface area contributed by atoms with E-state index in [0.29, 0.717) is 12.5 Å². The van der Waals surface area contributed by atoms with Crippen LogP contribution in [0.15, 0.2) is 0 Å². The summed E-state index contributed by atoms with van der Waals surface area (Å²) in [4.78, 5) is 21.5. The minimum absolute atomic E-state index is 0.140. The predicted molar refractivity (Wildman–Crippen MR) is 50.9 cm³/mol. The molecule has 0 aromatic rings. The van der Waals surface area contributed by atoms with E-state index in [2.05, 4.69) is 10.1 Å². The van der Waals surface area contributed by atoms with Crippen molar-refractivity contribution in [2.45, 2.75) is 26.3 Å². The zero-order valence-electron chi connectivity index (χ0n) is 8.74. The van der Waals surface area contributed by atoms with Gasteiger partial charge in [-0.25, -0.2) is 0 Å². The van der Waals surface area contributed by atoms with Gasteiger partial charge in [0.05, 0.1) is 13.5 Å². The fourth-order valence-corrected chi connectivity index (χ4v) is 0.875. The maximum atomic E-state index is 10.8. The number of carbonyl (C=O) groups is 2. The highest BCUT2D eigenvalue weighted by molar-refractivity contribution is 5.81. The quantitative estimate of drug-likeness (QED) is 0.605. The zero-order chi connectivity index (χ0) is 11.1. The highest BCUT2D eigenvalue weighted by Crippen LogP contribution is 1.97. The van der Waals surface area contributed by atoms with Gasteiger partial charge in [-0.3, -0.25) is 9.59 Å². The first-order chi connectivity index (χ1) is 6.47. The number of ether oxygens (including phenoxy) is 1. The summed E-state index contributed by atoms with van der Waals surface area (Å²) in [5.41, 5.74) is 0. The number of carboxylic acids is 1. The van der Waals surface area contributed by atoms with Crippen molar-refractivity contribution in [1.82, 2.24) is 5.32 Å². The fourth-order valence-electron chi connectivity index (χ4n) is 0.875. The van der Waals surface area contributed by atoms with Gasteiger partial charge in [0.15, 0.2) is 0 Å². The number of nitrogens with one attached hydrogen (secondary N) is 1. The summed E-state index contributed by atoms with van der Waals surface area (Å²) in [6.45, 7) is 4.49. The number of carboxylic acid groups (broad SMARTS) is 1. The Balaban J connectivity index is 4.03. The second kappa shape index (κ2) is 6.37. The molecule has 0 aliphatic heterocycles. The first kappa shape index (κ1) is 12.9. The number of methoxy groups -OCH3 is 1. The van der Waals surface area contributed by atoms with Crippen LogP contribution in [0.3, 0.4) is 0 Å². The SMILES string of the molecule is COC(=O)C[C@H](NCC(C)C)C(=O)O. The molecule has 14 heavy (non-hydrogen) atoms. The van der Waals surface area contributed by atoms with E-state index in [1.54, 1.807) is 0 Å². The third-order valence-electron chi connectivity index (χ3n) is 1.67. The summed E-state index contributed by atoms with van der Waals surface area (Å²) in [5, 5.41) is 11.5. The van der Waals surface area contributed by atoms with Gasteiger partial charge in [0, 0.05) is 0 Å². The van der Waals surface area contributed by atoms with Crippen LogP contribution < -0.4 is 5.32 Å². The molecule has 5 nitrogen and oxygen atoms in total. The van der Waals surface area contributed by atoms with Crippen molar-refractivity contribution < 1.29 is 19.4 Å². The molecule has 0 saturated carbocycles. The summed E-state index contributed by atoms with van der Waals surface area (Å²) < 4.78 is 4.40. The molecule has 0 saturated heterocycles. The van der Waals surface area contributed by atoms with E-state index in [1.165, 1.54) is 7.11 Å². The van der Waals surface area contributed by atoms with E-state index >= 15 is 0 Å². The summed E-state index contributed by atoms with van der Waals surface area (Å²) in [7, 11) is 1.24. The van der Waals surface area contributed by atoms with Gasteiger partial charge in [-0.2, -0.15) is 0 Å². The van der Waals surface area contributed by atoms with Crippen LogP contribution in [0.4, 0.5) is 0 Å². The summed E-state index contributed by atoms with van der Waals surface area (Å²) >= 11 is 0. The van der Waals surface area contributed by atoms with Crippen molar-refractivity contribution >= 4 is 11.9 Å². The van der Waals surface area contributed by atoms with Gasteiger partial charge in [-0.1, -0.05) is 13.8 Å². The van der Waals surface area contributed by atoms with Crippen LogP contribution in [0.1, 0.15) is 20.3 Å². The molecule has 0 aliphatic carbocycles. The van der Waals surface area contributed by atoms with Crippen LogP contribution in [-0.4, -0.2) is 36.7 Å². The Morgan fingerprint density at radius 2 is 2.00 bits per heavy atom. The summed E-state index contributed by atoms with van der Waals surface area (Å²) in [5.74, 6) is -1.21. The largest absolute Gasteiger partial charge is 0.480 e. The van der Waals surface area contributed by atoms with Crippen molar-refractivity contribution in [3.63, 3.8) is 0 Å². The van der Waals surface area contributed by atoms with Crippen LogP contribution in [-0.2, 0) is 14.3 Å². The molecule has 0 rings (SSSR count). The smallest absolute Gasteiger partial charge is 0.321 e. The van der Waals surface area contributed by atoms with E-state index in [1.807, 2.05) is 13.8 Å². The molecule has 0 aromatic heterocycles. The van der Waals surface area contributed by atoms with Gasteiger partial charge in [-0.05, 0) is 12.5 Å². The number of esters is 1. The van der Waals surface area contributed by atoms with Gasteiger partial charge in [0.1, 0.15) is 6.04 Å². The second-order valence-electron chi connectivity index (χ2n) is 3.47. The first-order valence-corrected chi connectivity index (χ1v) is 4.50.